The van der Waals surface area contributed by atoms with Crippen LogP contribution in [0.4, 0.5) is 14.9 Å². The van der Waals surface area contributed by atoms with Crippen molar-refractivity contribution in [2.75, 3.05) is 18.0 Å². The van der Waals surface area contributed by atoms with E-state index in [1.807, 2.05) is 27.7 Å². The standard InChI is InChI=1S/C17H21B2FN2O5/c1-16(2)17(3,4)27-19(26-16)13-6-5-11(7-14(13)20)22-9-12(25-15(22)23)8-21-10-24-18/h5-7,10,12H,8-9H2,1-4H3/t12-/m0/s1. The Labute approximate surface area is 159 Å². The first-order valence-electron chi connectivity index (χ1n) is 8.62. The van der Waals surface area contributed by atoms with Gasteiger partial charge in [0.05, 0.1) is 30.0 Å². The fraction of sp³-hybridized carbons (Fsp3) is 0.529. The Morgan fingerprint density at radius 2 is 2.04 bits per heavy atom. The Balaban J connectivity index is 1.74. The molecule has 2 radical (unpaired) electrons. The topological polar surface area (TPSA) is 69.6 Å². The van der Waals surface area contributed by atoms with Crippen molar-refractivity contribution in [2.24, 2.45) is 4.99 Å². The highest BCUT2D eigenvalue weighted by molar-refractivity contribution is 6.62. The average Bonchev–Trinajstić information content (AvgIpc) is 3.04. The molecule has 2 fully saturated rings. The van der Waals surface area contributed by atoms with Gasteiger partial charge < -0.3 is 18.7 Å². The van der Waals surface area contributed by atoms with Gasteiger partial charge in [0, 0.05) is 5.46 Å². The van der Waals surface area contributed by atoms with Crippen LogP contribution in [0.25, 0.3) is 0 Å². The molecule has 1 atom stereocenters. The molecule has 1 aromatic carbocycles. The maximum atomic E-state index is 14.7. The molecule has 0 aliphatic carbocycles. The molecule has 0 N–H and O–H groups in total. The predicted molar refractivity (Wildman–Crippen MR) is 99.9 cm³/mol. The number of hydrogen-bond acceptors (Lipinski definition) is 6. The maximum absolute atomic E-state index is 14.7. The predicted octanol–water partition coefficient (Wildman–Crippen LogP) is 1.58. The Kier molecular flexibility index (Phi) is 5.22. The molecule has 0 bridgehead atoms. The fourth-order valence-corrected chi connectivity index (χ4v) is 2.88. The summed E-state index contributed by atoms with van der Waals surface area (Å²) < 4.78 is 35.9. The molecule has 2 heterocycles. The molecule has 2 saturated heterocycles. The van der Waals surface area contributed by atoms with Gasteiger partial charge in [-0.3, -0.25) is 9.89 Å². The van der Waals surface area contributed by atoms with Crippen LogP contribution >= 0.6 is 0 Å². The molecule has 0 saturated carbocycles. The van der Waals surface area contributed by atoms with Gasteiger partial charge in [0.1, 0.15) is 18.3 Å². The molecule has 1 amide bonds. The second-order valence-electron chi connectivity index (χ2n) is 7.52. The van der Waals surface area contributed by atoms with Crippen LogP contribution in [0.1, 0.15) is 27.7 Å². The smallest absolute Gasteiger partial charge is 0.497 e. The summed E-state index contributed by atoms with van der Waals surface area (Å²) in [5.74, 6) is -0.517. The lowest BCUT2D eigenvalue weighted by atomic mass is 9.78. The van der Waals surface area contributed by atoms with E-state index in [1.54, 1.807) is 12.1 Å². The number of hydrogen-bond donors (Lipinski definition) is 0. The Morgan fingerprint density at radius 3 is 2.63 bits per heavy atom. The minimum Gasteiger partial charge on any atom is -0.560 e. The second kappa shape index (κ2) is 7.16. The lowest BCUT2D eigenvalue weighted by Gasteiger charge is -2.32. The van der Waals surface area contributed by atoms with Crippen molar-refractivity contribution in [1.82, 2.24) is 0 Å². The van der Waals surface area contributed by atoms with E-state index in [0.29, 0.717) is 5.69 Å². The molecular formula is C17H21B2FN2O5. The van der Waals surface area contributed by atoms with Crippen molar-refractivity contribution >= 4 is 38.8 Å². The molecule has 1 aromatic rings. The van der Waals surface area contributed by atoms with Crippen LogP contribution in [0.3, 0.4) is 0 Å². The van der Waals surface area contributed by atoms with Crippen molar-refractivity contribution in [2.45, 2.75) is 45.0 Å². The van der Waals surface area contributed by atoms with E-state index in [9.17, 15) is 9.18 Å². The molecule has 10 heteroatoms. The summed E-state index contributed by atoms with van der Waals surface area (Å²) in [7, 11) is 4.03. The van der Waals surface area contributed by atoms with Crippen molar-refractivity contribution in [1.29, 1.82) is 0 Å². The van der Waals surface area contributed by atoms with Crippen LogP contribution in [0.2, 0.25) is 0 Å². The third kappa shape index (κ3) is 3.82. The molecule has 2 aliphatic heterocycles. The van der Waals surface area contributed by atoms with Gasteiger partial charge >= 0.3 is 21.3 Å². The highest BCUT2D eigenvalue weighted by atomic mass is 19.1. The number of halogens is 1. The third-order valence-corrected chi connectivity index (χ3v) is 5.12. The van der Waals surface area contributed by atoms with Crippen molar-refractivity contribution in [3.8, 4) is 0 Å². The number of carbonyl (C=O) groups is 1. The first-order chi connectivity index (χ1) is 12.6. The van der Waals surface area contributed by atoms with Crippen LogP contribution < -0.4 is 10.4 Å². The van der Waals surface area contributed by atoms with Crippen molar-refractivity contribution in [3.05, 3.63) is 24.0 Å². The van der Waals surface area contributed by atoms with E-state index in [1.165, 1.54) is 11.0 Å². The summed E-state index contributed by atoms with van der Waals surface area (Å²) in [5.41, 5.74) is -0.462. The number of ether oxygens (including phenoxy) is 1. The van der Waals surface area contributed by atoms with Gasteiger partial charge in [-0.1, -0.05) is 6.07 Å². The largest absolute Gasteiger partial charge is 0.560 e. The third-order valence-electron chi connectivity index (χ3n) is 5.12. The number of aliphatic imine (C=N–C) groups is 1. The lowest BCUT2D eigenvalue weighted by molar-refractivity contribution is 0.00578. The number of benzene rings is 1. The van der Waals surface area contributed by atoms with E-state index in [4.69, 9.17) is 22.1 Å². The molecule has 0 aromatic heterocycles. The van der Waals surface area contributed by atoms with Crippen LogP contribution in [-0.4, -0.2) is 58.1 Å². The lowest BCUT2D eigenvalue weighted by Crippen LogP contribution is -2.41. The van der Waals surface area contributed by atoms with E-state index in [0.717, 1.165) is 6.40 Å². The quantitative estimate of drug-likeness (QED) is 0.445. The first-order valence-corrected chi connectivity index (χ1v) is 8.62. The molecule has 0 unspecified atom stereocenters. The summed E-state index contributed by atoms with van der Waals surface area (Å²) in [4.78, 5) is 17.3. The molecule has 142 valence electrons. The number of amides is 1. The number of nitrogens with zero attached hydrogens (tertiary/aromatic N) is 2. The van der Waals surface area contributed by atoms with E-state index >= 15 is 0 Å². The van der Waals surface area contributed by atoms with E-state index in [-0.39, 0.29) is 18.6 Å². The summed E-state index contributed by atoms with van der Waals surface area (Å²) in [6.07, 6.45) is 0.0385. The van der Waals surface area contributed by atoms with Crippen molar-refractivity contribution in [3.63, 3.8) is 0 Å². The number of cyclic esters (lactones) is 1. The van der Waals surface area contributed by atoms with Crippen LogP contribution in [0.15, 0.2) is 23.2 Å². The van der Waals surface area contributed by atoms with Gasteiger partial charge in [0.15, 0.2) is 0 Å². The highest BCUT2D eigenvalue weighted by Crippen LogP contribution is 2.36. The molecular weight excluding hydrogens is 353 g/mol. The summed E-state index contributed by atoms with van der Waals surface area (Å²) in [5, 5.41) is 0. The zero-order chi connectivity index (χ0) is 19.8. The van der Waals surface area contributed by atoms with Crippen LogP contribution in [0.5, 0.6) is 0 Å². The highest BCUT2D eigenvalue weighted by Gasteiger charge is 2.52. The van der Waals surface area contributed by atoms with Crippen molar-refractivity contribution < 1.29 is 27.9 Å². The Morgan fingerprint density at radius 1 is 1.37 bits per heavy atom. The van der Waals surface area contributed by atoms with Gasteiger partial charge in [0.2, 0.25) is 0 Å². The minimum atomic E-state index is -0.812. The Hall–Kier alpha value is -2.06. The SMILES string of the molecule is [B]OC=NC[C@H]1CN(c2ccc(B3OC(C)(C)C(C)(C)O3)c(F)c2)C(=O)O1. The molecule has 3 rings (SSSR count). The zero-order valence-electron chi connectivity index (χ0n) is 15.8. The minimum absolute atomic E-state index is 0.202. The van der Waals surface area contributed by atoms with E-state index in [2.05, 4.69) is 9.65 Å². The van der Waals surface area contributed by atoms with Gasteiger partial charge in [-0.25, -0.2) is 9.18 Å². The summed E-state index contributed by atoms with van der Waals surface area (Å²) in [6, 6.07) is 4.48. The number of carbonyl (C=O) groups excluding carboxylic acids is 1. The van der Waals surface area contributed by atoms with E-state index < -0.39 is 36.3 Å². The monoisotopic (exact) mass is 374 g/mol. The molecule has 27 heavy (non-hydrogen) atoms. The number of anilines is 1. The zero-order valence-corrected chi connectivity index (χ0v) is 15.8. The molecule has 7 nitrogen and oxygen atoms in total. The normalized spacial score (nSPS) is 23.9. The van der Waals surface area contributed by atoms with Gasteiger partial charge in [-0.2, -0.15) is 0 Å². The van der Waals surface area contributed by atoms with Crippen LogP contribution in [-0.2, 0) is 18.7 Å². The maximum Gasteiger partial charge on any atom is 0.497 e. The van der Waals surface area contributed by atoms with Gasteiger partial charge in [0.25, 0.3) is 0 Å². The summed E-state index contributed by atoms with van der Waals surface area (Å²) in [6.45, 7) is 8.05. The molecule has 0 spiro atoms. The summed E-state index contributed by atoms with van der Waals surface area (Å²) >= 11 is 0. The van der Waals surface area contributed by atoms with Gasteiger partial charge in [-0.15, -0.1) is 0 Å². The second-order valence-corrected chi connectivity index (χ2v) is 7.52. The Bertz CT molecular complexity index is 743. The van der Waals surface area contributed by atoms with Crippen LogP contribution in [0, 0.1) is 5.82 Å². The van der Waals surface area contributed by atoms with Gasteiger partial charge in [-0.05, 0) is 39.8 Å². The fourth-order valence-electron chi connectivity index (χ4n) is 2.88. The number of rotatable bonds is 5. The first kappa shape index (κ1) is 19.7. The molecule has 2 aliphatic rings. The average molecular weight is 374 g/mol.